The molecule has 0 bridgehead atoms. The number of thioether (sulfide) groups is 1. The Morgan fingerprint density at radius 1 is 1.55 bits per heavy atom. The number of hydrogen-bond donors (Lipinski definition) is 0. The van der Waals surface area contributed by atoms with Crippen molar-refractivity contribution in [3.63, 3.8) is 0 Å². The van der Waals surface area contributed by atoms with Gasteiger partial charge in [0.2, 0.25) is 10.0 Å². The quantitative estimate of drug-likeness (QED) is 0.851. The Hall–Kier alpha value is -0.740. The smallest absolute Gasteiger partial charge is 0.207 e. The van der Waals surface area contributed by atoms with Gasteiger partial charge in [-0.3, -0.25) is 0 Å². The number of benzene rings is 1. The third kappa shape index (κ3) is 2.96. The third-order valence-corrected chi connectivity index (χ3v) is 6.48. The van der Waals surface area contributed by atoms with Crippen molar-refractivity contribution in [3.05, 3.63) is 28.8 Å². The standard InChI is InChI=1S/C13H15ClN2O2S2/c1-19-9-11-3-2-6-16(11)20(17,18)13-5-4-10(8-15)7-12(13)14/h4-5,7,11H,2-3,6,9H2,1H3/t11-/m0/s1. The molecule has 1 heterocycles. The van der Waals surface area contributed by atoms with Crippen LogP contribution in [-0.2, 0) is 10.0 Å². The molecular weight excluding hydrogens is 316 g/mol. The lowest BCUT2D eigenvalue weighted by Gasteiger charge is -2.24. The second-order valence-electron chi connectivity index (χ2n) is 4.62. The molecule has 1 atom stereocenters. The zero-order chi connectivity index (χ0) is 14.8. The maximum Gasteiger partial charge on any atom is 0.244 e. The molecule has 1 aromatic rings. The van der Waals surface area contributed by atoms with Gasteiger partial charge in [0.15, 0.2) is 0 Å². The molecule has 1 aliphatic rings. The predicted octanol–water partition coefficient (Wildman–Crippen LogP) is 2.73. The molecular formula is C13H15ClN2O2S2. The summed E-state index contributed by atoms with van der Waals surface area (Å²) < 4.78 is 26.9. The number of hydrogen-bond acceptors (Lipinski definition) is 4. The Morgan fingerprint density at radius 2 is 2.30 bits per heavy atom. The van der Waals surface area contributed by atoms with E-state index in [0.717, 1.165) is 18.6 Å². The van der Waals surface area contributed by atoms with Gasteiger partial charge in [-0.15, -0.1) is 0 Å². The van der Waals surface area contributed by atoms with Gasteiger partial charge >= 0.3 is 0 Å². The van der Waals surface area contributed by atoms with Crippen molar-refractivity contribution >= 4 is 33.4 Å². The highest BCUT2D eigenvalue weighted by atomic mass is 35.5. The van der Waals surface area contributed by atoms with Crippen LogP contribution in [0.3, 0.4) is 0 Å². The summed E-state index contributed by atoms with van der Waals surface area (Å²) in [5.74, 6) is 0.785. The van der Waals surface area contributed by atoms with Crippen LogP contribution in [0, 0.1) is 11.3 Å². The van der Waals surface area contributed by atoms with Crippen molar-refractivity contribution in [3.8, 4) is 6.07 Å². The van der Waals surface area contributed by atoms with Crippen LogP contribution >= 0.6 is 23.4 Å². The molecule has 1 saturated heterocycles. The summed E-state index contributed by atoms with van der Waals surface area (Å²) in [4.78, 5) is 0.0890. The van der Waals surface area contributed by atoms with Gasteiger partial charge in [0.25, 0.3) is 0 Å². The molecule has 4 nitrogen and oxygen atoms in total. The second kappa shape index (κ2) is 6.35. The minimum absolute atomic E-state index is 0.0294. The maximum atomic E-state index is 12.7. The molecule has 1 fully saturated rings. The lowest BCUT2D eigenvalue weighted by atomic mass is 10.2. The minimum Gasteiger partial charge on any atom is -0.207 e. The zero-order valence-electron chi connectivity index (χ0n) is 11.0. The van der Waals surface area contributed by atoms with Gasteiger partial charge < -0.3 is 0 Å². The largest absolute Gasteiger partial charge is 0.244 e. The molecule has 0 radical (unpaired) electrons. The van der Waals surface area contributed by atoms with E-state index in [-0.39, 0.29) is 16.0 Å². The van der Waals surface area contributed by atoms with E-state index in [1.807, 2.05) is 12.3 Å². The molecule has 0 aliphatic carbocycles. The Kier molecular flexibility index (Phi) is 4.97. The van der Waals surface area contributed by atoms with Gasteiger partial charge in [-0.05, 0) is 37.3 Å². The van der Waals surface area contributed by atoms with E-state index < -0.39 is 10.0 Å². The summed E-state index contributed by atoms with van der Waals surface area (Å²) in [6.07, 6.45) is 3.73. The van der Waals surface area contributed by atoms with Crippen LogP contribution in [0.5, 0.6) is 0 Å². The first-order chi connectivity index (χ1) is 9.50. The van der Waals surface area contributed by atoms with E-state index in [9.17, 15) is 8.42 Å². The number of nitrogens with zero attached hydrogens (tertiary/aromatic N) is 2. The Balaban J connectivity index is 2.38. The molecule has 1 aromatic carbocycles. The van der Waals surface area contributed by atoms with Crippen LogP contribution in [0.25, 0.3) is 0 Å². The molecule has 2 rings (SSSR count). The van der Waals surface area contributed by atoms with Crippen molar-refractivity contribution in [1.82, 2.24) is 4.31 Å². The van der Waals surface area contributed by atoms with Crippen molar-refractivity contribution in [1.29, 1.82) is 5.26 Å². The third-order valence-electron chi connectivity index (χ3n) is 3.33. The van der Waals surface area contributed by atoms with Crippen molar-refractivity contribution in [2.45, 2.75) is 23.8 Å². The monoisotopic (exact) mass is 330 g/mol. The molecule has 20 heavy (non-hydrogen) atoms. The van der Waals surface area contributed by atoms with E-state index in [0.29, 0.717) is 12.1 Å². The van der Waals surface area contributed by atoms with Gasteiger partial charge in [-0.2, -0.15) is 21.3 Å². The molecule has 0 unspecified atom stereocenters. The van der Waals surface area contributed by atoms with Gasteiger partial charge in [-0.25, -0.2) is 8.42 Å². The van der Waals surface area contributed by atoms with Crippen molar-refractivity contribution in [2.24, 2.45) is 0 Å². The van der Waals surface area contributed by atoms with Gasteiger partial charge in [0.1, 0.15) is 4.90 Å². The Labute approximate surface area is 128 Å². The zero-order valence-corrected chi connectivity index (χ0v) is 13.4. The first-order valence-corrected chi connectivity index (χ1v) is 9.42. The number of halogens is 1. The maximum absolute atomic E-state index is 12.7. The lowest BCUT2D eigenvalue weighted by Crippen LogP contribution is -2.37. The van der Waals surface area contributed by atoms with Crippen LogP contribution in [0.15, 0.2) is 23.1 Å². The summed E-state index contributed by atoms with van der Waals surface area (Å²) in [5.41, 5.74) is 0.357. The fraction of sp³-hybridized carbons (Fsp3) is 0.462. The van der Waals surface area contributed by atoms with E-state index >= 15 is 0 Å². The summed E-state index contributed by atoms with van der Waals surface area (Å²) in [6.45, 7) is 0.532. The summed E-state index contributed by atoms with van der Waals surface area (Å²) in [7, 11) is -3.59. The first-order valence-electron chi connectivity index (χ1n) is 6.21. The highest BCUT2D eigenvalue weighted by Gasteiger charge is 2.35. The van der Waals surface area contributed by atoms with Gasteiger partial charge in [0, 0.05) is 18.3 Å². The number of sulfonamides is 1. The fourth-order valence-corrected chi connectivity index (χ4v) is 5.43. The minimum atomic E-state index is -3.59. The average Bonchev–Trinajstić information content (AvgIpc) is 2.87. The first kappa shape index (κ1) is 15.6. The summed E-state index contributed by atoms with van der Waals surface area (Å²) in [6, 6.07) is 6.28. The highest BCUT2D eigenvalue weighted by molar-refractivity contribution is 7.98. The average molecular weight is 331 g/mol. The molecule has 0 N–H and O–H groups in total. The van der Waals surface area contributed by atoms with Crippen LogP contribution in [0.2, 0.25) is 5.02 Å². The van der Waals surface area contributed by atoms with Crippen LogP contribution < -0.4 is 0 Å². The van der Waals surface area contributed by atoms with Crippen LogP contribution in [0.1, 0.15) is 18.4 Å². The van der Waals surface area contributed by atoms with E-state index in [4.69, 9.17) is 16.9 Å². The van der Waals surface area contributed by atoms with E-state index in [2.05, 4.69) is 0 Å². The lowest BCUT2D eigenvalue weighted by molar-refractivity contribution is 0.412. The number of nitriles is 1. The molecule has 0 aromatic heterocycles. The molecule has 108 valence electrons. The normalized spacial score (nSPS) is 19.9. The SMILES string of the molecule is CSC[C@@H]1CCCN1S(=O)(=O)c1ccc(C#N)cc1Cl. The Morgan fingerprint density at radius 3 is 2.90 bits per heavy atom. The van der Waals surface area contributed by atoms with E-state index in [1.54, 1.807) is 11.8 Å². The predicted molar refractivity (Wildman–Crippen MR) is 81.5 cm³/mol. The molecule has 0 amide bonds. The molecule has 1 aliphatic heterocycles. The summed E-state index contributed by atoms with van der Waals surface area (Å²) in [5, 5.41) is 8.92. The Bertz CT molecular complexity index is 640. The van der Waals surface area contributed by atoms with Crippen LogP contribution in [0.4, 0.5) is 0 Å². The van der Waals surface area contributed by atoms with Gasteiger partial charge in [0.05, 0.1) is 16.7 Å². The molecule has 0 saturated carbocycles. The highest BCUT2D eigenvalue weighted by Crippen LogP contribution is 2.31. The van der Waals surface area contributed by atoms with Crippen molar-refractivity contribution < 1.29 is 8.42 Å². The number of rotatable bonds is 4. The molecule has 0 spiro atoms. The van der Waals surface area contributed by atoms with Gasteiger partial charge in [-0.1, -0.05) is 11.6 Å². The van der Waals surface area contributed by atoms with Crippen molar-refractivity contribution in [2.75, 3.05) is 18.6 Å². The fourth-order valence-electron chi connectivity index (χ4n) is 2.39. The topological polar surface area (TPSA) is 61.2 Å². The second-order valence-corrected chi connectivity index (χ2v) is 7.80. The molecule has 7 heteroatoms. The summed E-state index contributed by atoms with van der Waals surface area (Å²) >= 11 is 7.68. The van der Waals surface area contributed by atoms with Crippen LogP contribution in [-0.4, -0.2) is 37.3 Å². The van der Waals surface area contributed by atoms with E-state index in [1.165, 1.54) is 22.5 Å².